The normalized spacial score (nSPS) is 27.3. The summed E-state index contributed by atoms with van der Waals surface area (Å²) >= 11 is 0. The highest BCUT2D eigenvalue weighted by Crippen LogP contribution is 2.27. The van der Waals surface area contributed by atoms with Crippen LogP contribution in [0.25, 0.3) is 0 Å². The van der Waals surface area contributed by atoms with Crippen LogP contribution in [0.1, 0.15) is 51.9 Å². The van der Waals surface area contributed by atoms with Gasteiger partial charge in [0.1, 0.15) is 21.9 Å². The van der Waals surface area contributed by atoms with Gasteiger partial charge in [0, 0.05) is 5.75 Å². The Kier molecular flexibility index (Phi) is 5.83. The summed E-state index contributed by atoms with van der Waals surface area (Å²) in [4.78, 5) is 24.2. The number of sulfone groups is 1. The van der Waals surface area contributed by atoms with Crippen molar-refractivity contribution in [1.29, 1.82) is 0 Å². The summed E-state index contributed by atoms with van der Waals surface area (Å²) in [5, 5.41) is 5.46. The molecule has 22 heavy (non-hydrogen) atoms. The highest BCUT2D eigenvalue weighted by Gasteiger charge is 2.35. The van der Waals surface area contributed by atoms with E-state index in [9.17, 15) is 18.0 Å². The molecule has 2 aliphatic rings. The van der Waals surface area contributed by atoms with E-state index < -0.39 is 21.9 Å². The molecule has 2 rings (SSSR count). The van der Waals surface area contributed by atoms with Gasteiger partial charge >= 0.3 is 0 Å². The maximum absolute atomic E-state index is 12.1. The predicted octanol–water partition coefficient (Wildman–Crippen LogP) is 0.765. The van der Waals surface area contributed by atoms with Crippen LogP contribution in [-0.2, 0) is 19.4 Å². The SMILES string of the molecule is CCS(=O)(=O)CCC1NC(=O)[C@@H](CC2CCCCC2)NC1=O. The lowest BCUT2D eigenvalue weighted by Crippen LogP contribution is -2.62. The number of hydrogen-bond acceptors (Lipinski definition) is 4. The first kappa shape index (κ1) is 17.2. The number of hydrogen-bond donors (Lipinski definition) is 2. The molecule has 0 bridgehead atoms. The first-order valence-corrected chi connectivity index (χ1v) is 10.0. The van der Waals surface area contributed by atoms with Crippen LogP contribution in [0, 0.1) is 5.92 Å². The molecule has 1 aliphatic heterocycles. The van der Waals surface area contributed by atoms with Gasteiger partial charge in [-0.2, -0.15) is 0 Å². The highest BCUT2D eigenvalue weighted by atomic mass is 32.2. The van der Waals surface area contributed by atoms with Gasteiger partial charge in [-0.3, -0.25) is 9.59 Å². The zero-order valence-electron chi connectivity index (χ0n) is 13.1. The number of piperazine rings is 1. The third-order valence-corrected chi connectivity index (χ3v) is 6.45. The predicted molar refractivity (Wildman–Crippen MR) is 84.0 cm³/mol. The van der Waals surface area contributed by atoms with Crippen molar-refractivity contribution < 1.29 is 18.0 Å². The maximum Gasteiger partial charge on any atom is 0.243 e. The Balaban J connectivity index is 1.85. The van der Waals surface area contributed by atoms with Crippen LogP contribution < -0.4 is 10.6 Å². The molecule has 2 N–H and O–H groups in total. The molecule has 2 fully saturated rings. The topological polar surface area (TPSA) is 92.3 Å². The van der Waals surface area contributed by atoms with Gasteiger partial charge in [-0.25, -0.2) is 8.42 Å². The lowest BCUT2D eigenvalue weighted by molar-refractivity contribution is -0.137. The fourth-order valence-electron chi connectivity index (χ4n) is 3.24. The summed E-state index contributed by atoms with van der Waals surface area (Å²) in [5.74, 6) is 0.0481. The van der Waals surface area contributed by atoms with E-state index in [1.54, 1.807) is 6.92 Å². The van der Waals surface area contributed by atoms with E-state index in [0.29, 0.717) is 12.3 Å². The van der Waals surface area contributed by atoms with Crippen LogP contribution in [0.2, 0.25) is 0 Å². The van der Waals surface area contributed by atoms with Gasteiger partial charge in [-0.15, -0.1) is 0 Å². The zero-order chi connectivity index (χ0) is 16.2. The maximum atomic E-state index is 12.1. The summed E-state index contributed by atoms with van der Waals surface area (Å²) in [6, 6.07) is -1.19. The van der Waals surface area contributed by atoms with E-state index >= 15 is 0 Å². The van der Waals surface area contributed by atoms with Crippen LogP contribution >= 0.6 is 0 Å². The molecule has 1 saturated carbocycles. The Morgan fingerprint density at radius 3 is 2.23 bits per heavy atom. The number of rotatable bonds is 6. The lowest BCUT2D eigenvalue weighted by Gasteiger charge is -2.32. The van der Waals surface area contributed by atoms with Gasteiger partial charge in [0.2, 0.25) is 11.8 Å². The minimum absolute atomic E-state index is 0.0551. The summed E-state index contributed by atoms with van der Waals surface area (Å²) in [6.45, 7) is 1.58. The number of carbonyl (C=O) groups excluding carboxylic acids is 2. The molecule has 1 aliphatic carbocycles. The summed E-state index contributed by atoms with van der Waals surface area (Å²) < 4.78 is 23.0. The highest BCUT2D eigenvalue weighted by molar-refractivity contribution is 7.91. The Morgan fingerprint density at radius 1 is 1.00 bits per heavy atom. The minimum Gasteiger partial charge on any atom is -0.343 e. The van der Waals surface area contributed by atoms with Gasteiger partial charge < -0.3 is 10.6 Å². The third kappa shape index (κ3) is 4.69. The van der Waals surface area contributed by atoms with Gasteiger partial charge in [0.05, 0.1) is 5.75 Å². The van der Waals surface area contributed by atoms with Gasteiger partial charge in [-0.1, -0.05) is 39.0 Å². The van der Waals surface area contributed by atoms with E-state index in [4.69, 9.17) is 0 Å². The Labute approximate surface area is 132 Å². The average Bonchev–Trinajstić information content (AvgIpc) is 2.50. The molecule has 1 saturated heterocycles. The monoisotopic (exact) mass is 330 g/mol. The van der Waals surface area contributed by atoms with Crippen LogP contribution in [0.5, 0.6) is 0 Å². The van der Waals surface area contributed by atoms with Crippen molar-refractivity contribution in [3.8, 4) is 0 Å². The number of amides is 2. The van der Waals surface area contributed by atoms with Crippen molar-refractivity contribution >= 4 is 21.7 Å². The molecule has 0 aromatic carbocycles. The Bertz CT molecular complexity index is 512. The second-order valence-corrected chi connectivity index (χ2v) is 8.86. The first-order valence-electron chi connectivity index (χ1n) is 8.22. The molecule has 2 amide bonds. The standard InChI is InChI=1S/C15H26N2O4S/c1-2-22(20,21)9-8-12-14(18)17-13(15(19)16-12)10-11-6-4-3-5-7-11/h11-13H,2-10H2,1H3,(H,16,19)(H,17,18)/t12?,13-/m1/s1. The Morgan fingerprint density at radius 2 is 1.59 bits per heavy atom. The second-order valence-electron chi connectivity index (χ2n) is 6.39. The molecular weight excluding hydrogens is 304 g/mol. The van der Waals surface area contributed by atoms with Gasteiger partial charge in [0.15, 0.2) is 0 Å². The molecule has 2 atom stereocenters. The Hall–Kier alpha value is -1.11. The van der Waals surface area contributed by atoms with E-state index in [0.717, 1.165) is 12.8 Å². The lowest BCUT2D eigenvalue weighted by atomic mass is 9.84. The summed E-state index contributed by atoms with van der Waals surface area (Å²) in [7, 11) is -3.13. The summed E-state index contributed by atoms with van der Waals surface area (Å²) in [5.41, 5.74) is 0. The van der Waals surface area contributed by atoms with Crippen LogP contribution in [-0.4, -0.2) is 43.8 Å². The largest absolute Gasteiger partial charge is 0.343 e. The molecule has 6 nitrogen and oxygen atoms in total. The molecule has 1 heterocycles. The number of nitrogens with one attached hydrogen (secondary N) is 2. The van der Waals surface area contributed by atoms with E-state index in [-0.39, 0.29) is 29.7 Å². The number of carbonyl (C=O) groups is 2. The van der Waals surface area contributed by atoms with Crippen molar-refractivity contribution in [3.63, 3.8) is 0 Å². The van der Waals surface area contributed by atoms with Crippen molar-refractivity contribution in [1.82, 2.24) is 10.6 Å². The van der Waals surface area contributed by atoms with Crippen molar-refractivity contribution in [2.24, 2.45) is 5.92 Å². The molecule has 0 aromatic rings. The second kappa shape index (κ2) is 7.44. The van der Waals surface area contributed by atoms with Gasteiger partial charge in [-0.05, 0) is 18.8 Å². The van der Waals surface area contributed by atoms with Crippen LogP contribution in [0.15, 0.2) is 0 Å². The molecular formula is C15H26N2O4S. The molecule has 7 heteroatoms. The fraction of sp³-hybridized carbons (Fsp3) is 0.867. The average molecular weight is 330 g/mol. The minimum atomic E-state index is -3.13. The molecule has 0 spiro atoms. The van der Waals surface area contributed by atoms with Gasteiger partial charge in [0.25, 0.3) is 0 Å². The van der Waals surface area contributed by atoms with Crippen molar-refractivity contribution in [2.75, 3.05) is 11.5 Å². The fourth-order valence-corrected chi connectivity index (χ4v) is 4.13. The third-order valence-electron chi connectivity index (χ3n) is 4.72. The van der Waals surface area contributed by atoms with Crippen LogP contribution in [0.3, 0.4) is 0 Å². The quantitative estimate of drug-likeness (QED) is 0.752. The molecule has 126 valence electrons. The van der Waals surface area contributed by atoms with Crippen molar-refractivity contribution in [2.45, 2.75) is 64.0 Å². The van der Waals surface area contributed by atoms with E-state index in [2.05, 4.69) is 10.6 Å². The van der Waals surface area contributed by atoms with Crippen molar-refractivity contribution in [3.05, 3.63) is 0 Å². The summed E-state index contributed by atoms with van der Waals surface area (Å²) in [6.07, 6.45) is 6.74. The van der Waals surface area contributed by atoms with E-state index in [1.165, 1.54) is 19.3 Å². The molecule has 1 unspecified atom stereocenters. The molecule has 0 radical (unpaired) electrons. The zero-order valence-corrected chi connectivity index (χ0v) is 14.0. The smallest absolute Gasteiger partial charge is 0.243 e. The van der Waals surface area contributed by atoms with Crippen LogP contribution in [0.4, 0.5) is 0 Å². The molecule has 0 aromatic heterocycles. The first-order chi connectivity index (χ1) is 10.4. The van der Waals surface area contributed by atoms with E-state index in [1.807, 2.05) is 0 Å².